The van der Waals surface area contributed by atoms with Crippen LogP contribution in [0, 0.1) is 0 Å². The maximum atomic E-state index is 9.70. The van der Waals surface area contributed by atoms with Gasteiger partial charge in [-0.1, -0.05) is 10.3 Å². The van der Waals surface area contributed by atoms with Crippen LogP contribution < -0.4 is 11.5 Å². The Hall–Kier alpha value is -2.52. The summed E-state index contributed by atoms with van der Waals surface area (Å²) in [5.41, 5.74) is 9.59. The van der Waals surface area contributed by atoms with Crippen LogP contribution in [0.4, 0.5) is 0 Å². The Bertz CT molecular complexity index is 269. The van der Waals surface area contributed by atoms with E-state index in [0.717, 1.165) is 0 Å². The molecule has 0 spiro atoms. The molecule has 0 unspecified atom stereocenters. The van der Waals surface area contributed by atoms with E-state index in [1.165, 1.54) is 0 Å². The molecule has 0 aliphatic carbocycles. The monoisotopic (exact) mass is 236 g/mol. The highest BCUT2D eigenvalue weighted by Gasteiger charge is 1.99. The first-order valence-electron chi connectivity index (χ1n) is 3.69. The van der Waals surface area contributed by atoms with Gasteiger partial charge in [-0.15, -0.1) is 0 Å². The number of nitrogens with zero attached hydrogens (tertiary/aromatic N) is 2. The second-order valence-electron chi connectivity index (χ2n) is 2.32. The van der Waals surface area contributed by atoms with Crippen molar-refractivity contribution in [3.8, 4) is 0 Å². The summed E-state index contributed by atoms with van der Waals surface area (Å²) in [4.78, 5) is 19.4. The zero-order chi connectivity index (χ0) is 13.1. The number of rotatable bonds is 4. The van der Waals surface area contributed by atoms with Gasteiger partial charge in [0, 0.05) is 0 Å². The van der Waals surface area contributed by atoms with Crippen molar-refractivity contribution in [1.29, 1.82) is 0 Å². The van der Waals surface area contributed by atoms with E-state index >= 15 is 0 Å². The van der Waals surface area contributed by atoms with Crippen LogP contribution >= 0.6 is 0 Å². The van der Waals surface area contributed by atoms with Gasteiger partial charge in [-0.25, -0.2) is 0 Å². The van der Waals surface area contributed by atoms with Crippen molar-refractivity contribution in [3.63, 3.8) is 0 Å². The summed E-state index contributed by atoms with van der Waals surface area (Å²) in [6.45, 7) is 0. The largest absolute Gasteiger partial charge is 0.481 e. The Morgan fingerprint density at radius 1 is 0.875 bits per heavy atom. The van der Waals surface area contributed by atoms with Crippen molar-refractivity contribution < 1.29 is 30.2 Å². The second kappa shape index (κ2) is 9.05. The predicted octanol–water partition coefficient (Wildman–Crippen LogP) is -1.58. The van der Waals surface area contributed by atoms with Gasteiger partial charge in [0.05, 0.1) is 0 Å². The van der Waals surface area contributed by atoms with Gasteiger partial charge in [0.15, 0.2) is 0 Å². The topological polar surface area (TPSA) is 192 Å². The molecule has 0 atom stereocenters. The van der Waals surface area contributed by atoms with Crippen LogP contribution in [0.15, 0.2) is 10.3 Å². The average molecular weight is 236 g/mol. The van der Waals surface area contributed by atoms with E-state index < -0.39 is 24.8 Å². The highest BCUT2D eigenvalue weighted by atomic mass is 16.4. The number of carboxylic acid groups (broad SMARTS) is 2. The van der Waals surface area contributed by atoms with Crippen LogP contribution in [-0.4, -0.2) is 44.2 Å². The molecule has 8 N–H and O–H groups in total. The molecule has 16 heavy (non-hydrogen) atoms. The van der Waals surface area contributed by atoms with Crippen LogP contribution in [0.3, 0.4) is 0 Å². The fraction of sp³-hybridized carbons (Fsp3) is 0.333. The van der Waals surface area contributed by atoms with Crippen LogP contribution in [0.1, 0.15) is 12.8 Å². The van der Waals surface area contributed by atoms with Gasteiger partial charge in [0.1, 0.15) is 24.5 Å². The molecule has 0 bridgehead atoms. The second-order valence-corrected chi connectivity index (χ2v) is 2.32. The molecule has 10 nitrogen and oxygen atoms in total. The van der Waals surface area contributed by atoms with Crippen molar-refractivity contribution in [1.82, 2.24) is 0 Å². The third-order valence-corrected chi connectivity index (χ3v) is 0.922. The lowest BCUT2D eigenvalue weighted by molar-refractivity contribution is -0.136. The van der Waals surface area contributed by atoms with E-state index in [4.69, 9.17) is 32.1 Å². The van der Waals surface area contributed by atoms with E-state index in [0.29, 0.717) is 0 Å². The molecular formula is C6H12N4O6. The molecule has 0 fully saturated rings. The number of oxime groups is 2. The van der Waals surface area contributed by atoms with E-state index in [-0.39, 0.29) is 11.7 Å². The lowest BCUT2D eigenvalue weighted by atomic mass is 10.4. The van der Waals surface area contributed by atoms with Crippen molar-refractivity contribution in [2.45, 2.75) is 12.8 Å². The smallest absolute Gasteiger partial charge is 0.311 e. The van der Waals surface area contributed by atoms with E-state index in [1.54, 1.807) is 0 Å². The summed E-state index contributed by atoms with van der Waals surface area (Å²) in [5, 5.41) is 36.3. The highest BCUT2D eigenvalue weighted by molar-refractivity contribution is 5.95. The summed E-state index contributed by atoms with van der Waals surface area (Å²) < 4.78 is 0. The lowest BCUT2D eigenvalue weighted by Gasteiger charge is -1.87. The van der Waals surface area contributed by atoms with Gasteiger partial charge < -0.3 is 32.1 Å². The molecule has 0 aromatic carbocycles. The third-order valence-electron chi connectivity index (χ3n) is 0.922. The normalized spacial score (nSPS) is 11.2. The van der Waals surface area contributed by atoms with Gasteiger partial charge >= 0.3 is 11.9 Å². The van der Waals surface area contributed by atoms with Gasteiger partial charge in [0.2, 0.25) is 0 Å². The number of hydrogen-bond acceptors (Lipinski definition) is 6. The molecule has 92 valence electrons. The predicted molar refractivity (Wildman–Crippen MR) is 51.3 cm³/mol. The molecule has 0 amide bonds. The van der Waals surface area contributed by atoms with Crippen molar-refractivity contribution in [3.05, 3.63) is 0 Å². The highest BCUT2D eigenvalue weighted by Crippen LogP contribution is 1.76. The fourth-order valence-corrected chi connectivity index (χ4v) is 0.381. The third kappa shape index (κ3) is 14.0. The first-order valence-corrected chi connectivity index (χ1v) is 3.69. The number of carbonyl (C=O) groups is 2. The average Bonchev–Trinajstić information content (AvgIpc) is 2.16. The minimum atomic E-state index is -1.11. The van der Waals surface area contributed by atoms with Gasteiger partial charge in [-0.2, -0.15) is 0 Å². The maximum Gasteiger partial charge on any atom is 0.311 e. The molecule has 0 aromatic heterocycles. The zero-order valence-corrected chi connectivity index (χ0v) is 8.07. The number of carboxylic acids is 2. The summed E-state index contributed by atoms with van der Waals surface area (Å²) in [7, 11) is 0. The van der Waals surface area contributed by atoms with Crippen molar-refractivity contribution >= 4 is 23.6 Å². The minimum absolute atomic E-state index is 0.294. The molecule has 10 heteroatoms. The van der Waals surface area contributed by atoms with E-state index in [9.17, 15) is 9.59 Å². The quantitative estimate of drug-likeness (QED) is 0.145. The van der Waals surface area contributed by atoms with Crippen LogP contribution in [-0.2, 0) is 9.59 Å². The first kappa shape index (κ1) is 15.9. The number of aliphatic carboxylic acids is 2. The summed E-state index contributed by atoms with van der Waals surface area (Å²) in [6.07, 6.45) is -0.840. The van der Waals surface area contributed by atoms with E-state index in [2.05, 4.69) is 10.3 Å². The van der Waals surface area contributed by atoms with Gasteiger partial charge in [-0.05, 0) is 0 Å². The Morgan fingerprint density at radius 3 is 1.19 bits per heavy atom. The summed E-state index contributed by atoms with van der Waals surface area (Å²) >= 11 is 0. The zero-order valence-electron chi connectivity index (χ0n) is 8.07. The lowest BCUT2D eigenvalue weighted by Crippen LogP contribution is -2.16. The number of hydrogen-bond donors (Lipinski definition) is 6. The van der Waals surface area contributed by atoms with Crippen molar-refractivity contribution in [2.75, 3.05) is 0 Å². The van der Waals surface area contributed by atoms with Crippen LogP contribution in [0.25, 0.3) is 0 Å². The molecule has 0 saturated carbocycles. The Labute approximate surface area is 89.4 Å². The standard InChI is InChI=1S/2C3H6N2O3/c2*4-2(5-8)1-3(6)7/h2*8H,1H2,(H2,4,5)(H,6,7). The van der Waals surface area contributed by atoms with Gasteiger partial charge in [0.25, 0.3) is 0 Å². The molecule has 0 heterocycles. The molecule has 0 aliphatic heterocycles. The Morgan fingerprint density at radius 2 is 1.12 bits per heavy atom. The molecular weight excluding hydrogens is 224 g/mol. The molecule has 0 radical (unpaired) electrons. The Kier molecular flexibility index (Phi) is 9.01. The minimum Gasteiger partial charge on any atom is -0.481 e. The number of amidine groups is 2. The summed E-state index contributed by atoms with van der Waals surface area (Å²) in [6, 6.07) is 0. The SMILES string of the molecule is N/C(CC(=O)O)=N/O.N/C(CC(=O)O)=N\O. The molecule has 0 aromatic rings. The number of nitrogens with two attached hydrogens (primary N) is 2. The molecule has 0 rings (SSSR count). The molecule has 0 saturated heterocycles. The summed E-state index contributed by atoms with van der Waals surface area (Å²) in [5.74, 6) is -2.81. The Balaban J connectivity index is 0. The van der Waals surface area contributed by atoms with Crippen LogP contribution in [0.2, 0.25) is 0 Å². The molecule has 0 aliphatic rings. The first-order chi connectivity index (χ1) is 7.33. The van der Waals surface area contributed by atoms with E-state index in [1.807, 2.05) is 0 Å². The fourth-order valence-electron chi connectivity index (χ4n) is 0.381. The van der Waals surface area contributed by atoms with Crippen molar-refractivity contribution in [2.24, 2.45) is 21.8 Å². The van der Waals surface area contributed by atoms with Gasteiger partial charge in [-0.3, -0.25) is 9.59 Å². The van der Waals surface area contributed by atoms with Crippen LogP contribution in [0.5, 0.6) is 0 Å². The maximum absolute atomic E-state index is 9.70.